The number of rotatable bonds is 9. The minimum Gasteiger partial charge on any atom is -0.469 e. The van der Waals surface area contributed by atoms with Crippen molar-refractivity contribution in [1.29, 1.82) is 0 Å². The molecule has 6 heteroatoms. The number of carbonyl (C=O) groups is 2. The third-order valence-electron chi connectivity index (χ3n) is 3.40. The predicted molar refractivity (Wildman–Crippen MR) is 92.3 cm³/mol. The molecule has 0 aromatic heterocycles. The standard InChI is InChI=1S/C17H24BrNO4/c1-4-23-11-5-10-19(12-13(2)17(21)22-3)16(20)14-6-8-15(18)9-7-14/h6-9,13H,4-5,10-12H2,1-3H3. The van der Waals surface area contributed by atoms with Crippen LogP contribution in [-0.2, 0) is 14.3 Å². The van der Waals surface area contributed by atoms with Gasteiger partial charge >= 0.3 is 5.97 Å². The highest BCUT2D eigenvalue weighted by Gasteiger charge is 2.22. The first-order valence-corrected chi connectivity index (χ1v) is 8.49. The number of esters is 1. The number of hydrogen-bond donors (Lipinski definition) is 0. The summed E-state index contributed by atoms with van der Waals surface area (Å²) in [4.78, 5) is 26.0. The molecule has 1 atom stereocenters. The van der Waals surface area contributed by atoms with Crippen molar-refractivity contribution >= 4 is 27.8 Å². The molecule has 0 saturated carbocycles. The third-order valence-corrected chi connectivity index (χ3v) is 3.93. The van der Waals surface area contributed by atoms with Gasteiger partial charge in [-0.15, -0.1) is 0 Å². The van der Waals surface area contributed by atoms with E-state index in [4.69, 9.17) is 9.47 Å². The van der Waals surface area contributed by atoms with Crippen molar-refractivity contribution in [2.45, 2.75) is 20.3 Å². The Kier molecular flexibility index (Phi) is 8.87. The quantitative estimate of drug-likeness (QED) is 0.483. The number of ether oxygens (including phenoxy) is 2. The lowest BCUT2D eigenvalue weighted by molar-refractivity contribution is -0.145. The SMILES string of the molecule is CCOCCCN(CC(C)C(=O)OC)C(=O)c1ccc(Br)cc1. The topological polar surface area (TPSA) is 55.8 Å². The van der Waals surface area contributed by atoms with Gasteiger partial charge in [0.15, 0.2) is 0 Å². The summed E-state index contributed by atoms with van der Waals surface area (Å²) in [7, 11) is 1.36. The number of carbonyl (C=O) groups excluding carboxylic acids is 2. The van der Waals surface area contributed by atoms with Gasteiger partial charge in [-0.25, -0.2) is 0 Å². The van der Waals surface area contributed by atoms with Crippen LogP contribution in [0.2, 0.25) is 0 Å². The maximum Gasteiger partial charge on any atom is 0.310 e. The molecular formula is C17H24BrNO4. The summed E-state index contributed by atoms with van der Waals surface area (Å²) in [5, 5.41) is 0. The molecule has 0 bridgehead atoms. The van der Waals surface area contributed by atoms with Crippen LogP contribution in [0.5, 0.6) is 0 Å². The van der Waals surface area contributed by atoms with E-state index >= 15 is 0 Å². The maximum absolute atomic E-state index is 12.7. The molecule has 0 saturated heterocycles. The second-order valence-corrected chi connectivity index (χ2v) is 6.15. The average Bonchev–Trinajstić information content (AvgIpc) is 2.56. The van der Waals surface area contributed by atoms with Gasteiger partial charge in [-0.1, -0.05) is 22.9 Å². The monoisotopic (exact) mass is 385 g/mol. The molecule has 128 valence electrons. The van der Waals surface area contributed by atoms with Crippen LogP contribution in [0.3, 0.4) is 0 Å². The summed E-state index contributed by atoms with van der Waals surface area (Å²) < 4.78 is 11.0. The van der Waals surface area contributed by atoms with Gasteiger partial charge in [-0.2, -0.15) is 0 Å². The predicted octanol–water partition coefficient (Wildman–Crippen LogP) is 3.13. The van der Waals surface area contributed by atoms with Crippen molar-refractivity contribution in [3.05, 3.63) is 34.3 Å². The lowest BCUT2D eigenvalue weighted by Crippen LogP contribution is -2.38. The summed E-state index contributed by atoms with van der Waals surface area (Å²) in [6, 6.07) is 7.19. The van der Waals surface area contributed by atoms with Gasteiger partial charge in [0.2, 0.25) is 0 Å². The van der Waals surface area contributed by atoms with E-state index in [1.165, 1.54) is 7.11 Å². The van der Waals surface area contributed by atoms with Gasteiger partial charge in [-0.05, 0) is 37.6 Å². The Balaban J connectivity index is 2.77. The number of halogens is 1. The highest BCUT2D eigenvalue weighted by Crippen LogP contribution is 2.14. The van der Waals surface area contributed by atoms with Gasteiger partial charge in [0, 0.05) is 36.3 Å². The summed E-state index contributed by atoms with van der Waals surface area (Å²) in [5.74, 6) is -0.778. The highest BCUT2D eigenvalue weighted by atomic mass is 79.9. The number of nitrogens with zero attached hydrogens (tertiary/aromatic N) is 1. The summed E-state index contributed by atoms with van der Waals surface area (Å²) >= 11 is 3.36. The number of amides is 1. The molecular weight excluding hydrogens is 362 g/mol. The van der Waals surface area contributed by atoms with Crippen molar-refractivity contribution in [1.82, 2.24) is 4.90 Å². The number of hydrogen-bond acceptors (Lipinski definition) is 4. The number of methoxy groups -OCH3 is 1. The van der Waals surface area contributed by atoms with Crippen LogP contribution < -0.4 is 0 Å². The molecule has 0 radical (unpaired) electrons. The molecule has 0 spiro atoms. The lowest BCUT2D eigenvalue weighted by atomic mass is 10.1. The fourth-order valence-corrected chi connectivity index (χ4v) is 2.42. The summed E-state index contributed by atoms with van der Waals surface area (Å²) in [5.41, 5.74) is 0.599. The summed E-state index contributed by atoms with van der Waals surface area (Å²) in [6.07, 6.45) is 0.726. The first kappa shape index (κ1) is 19.6. The van der Waals surface area contributed by atoms with E-state index < -0.39 is 0 Å². The van der Waals surface area contributed by atoms with E-state index in [2.05, 4.69) is 15.9 Å². The second-order valence-electron chi connectivity index (χ2n) is 5.23. The van der Waals surface area contributed by atoms with Crippen molar-refractivity contribution in [3.63, 3.8) is 0 Å². The molecule has 0 N–H and O–H groups in total. The first-order chi connectivity index (χ1) is 11.0. The van der Waals surface area contributed by atoms with Crippen molar-refractivity contribution in [2.75, 3.05) is 33.4 Å². The van der Waals surface area contributed by atoms with E-state index in [-0.39, 0.29) is 17.8 Å². The average molecular weight is 386 g/mol. The molecule has 0 fully saturated rings. The van der Waals surface area contributed by atoms with Crippen molar-refractivity contribution < 1.29 is 19.1 Å². The molecule has 0 heterocycles. The van der Waals surface area contributed by atoms with Crippen LogP contribution in [0, 0.1) is 5.92 Å². The maximum atomic E-state index is 12.7. The van der Waals surface area contributed by atoms with Crippen LogP contribution in [-0.4, -0.2) is 50.2 Å². The molecule has 1 unspecified atom stereocenters. The van der Waals surface area contributed by atoms with Crippen LogP contribution in [0.4, 0.5) is 0 Å². The lowest BCUT2D eigenvalue weighted by Gasteiger charge is -2.25. The zero-order chi connectivity index (χ0) is 17.2. The Morgan fingerprint density at radius 1 is 1.26 bits per heavy atom. The fourth-order valence-electron chi connectivity index (χ4n) is 2.16. The normalized spacial score (nSPS) is 11.8. The Morgan fingerprint density at radius 2 is 1.91 bits per heavy atom. The van der Waals surface area contributed by atoms with Gasteiger partial charge in [0.05, 0.1) is 13.0 Å². The molecule has 5 nitrogen and oxygen atoms in total. The Hall–Kier alpha value is -1.40. The van der Waals surface area contributed by atoms with E-state index in [0.29, 0.717) is 31.9 Å². The highest BCUT2D eigenvalue weighted by molar-refractivity contribution is 9.10. The molecule has 1 aromatic carbocycles. The molecule has 0 aliphatic rings. The minimum atomic E-state index is -0.369. The molecule has 0 aliphatic heterocycles. The van der Waals surface area contributed by atoms with Gasteiger partial charge in [0.25, 0.3) is 5.91 Å². The largest absolute Gasteiger partial charge is 0.469 e. The van der Waals surface area contributed by atoms with Gasteiger partial charge in [0.1, 0.15) is 0 Å². The second kappa shape index (κ2) is 10.4. The summed E-state index contributed by atoms with van der Waals surface area (Å²) in [6.45, 7) is 5.80. The fraction of sp³-hybridized carbons (Fsp3) is 0.529. The van der Waals surface area contributed by atoms with Crippen LogP contribution in [0.15, 0.2) is 28.7 Å². The molecule has 23 heavy (non-hydrogen) atoms. The van der Waals surface area contributed by atoms with Gasteiger partial charge in [-0.3, -0.25) is 9.59 Å². The molecule has 1 rings (SSSR count). The van der Waals surface area contributed by atoms with E-state index in [1.54, 1.807) is 24.0 Å². The Labute approximate surface area is 146 Å². The van der Waals surface area contributed by atoms with E-state index in [9.17, 15) is 9.59 Å². The Morgan fingerprint density at radius 3 is 2.48 bits per heavy atom. The van der Waals surface area contributed by atoms with Crippen LogP contribution in [0.1, 0.15) is 30.6 Å². The zero-order valence-corrected chi connectivity index (χ0v) is 15.5. The minimum absolute atomic E-state index is 0.0928. The van der Waals surface area contributed by atoms with Gasteiger partial charge < -0.3 is 14.4 Å². The third kappa shape index (κ3) is 6.71. The first-order valence-electron chi connectivity index (χ1n) is 7.70. The smallest absolute Gasteiger partial charge is 0.310 e. The van der Waals surface area contributed by atoms with Crippen molar-refractivity contribution in [3.8, 4) is 0 Å². The van der Waals surface area contributed by atoms with Crippen LogP contribution in [0.25, 0.3) is 0 Å². The molecule has 0 aliphatic carbocycles. The zero-order valence-electron chi connectivity index (χ0n) is 13.9. The molecule has 1 amide bonds. The Bertz CT molecular complexity index is 504. The molecule has 1 aromatic rings. The van der Waals surface area contributed by atoms with E-state index in [1.807, 2.05) is 19.1 Å². The van der Waals surface area contributed by atoms with Crippen molar-refractivity contribution in [2.24, 2.45) is 5.92 Å². The number of benzene rings is 1. The van der Waals surface area contributed by atoms with Crippen LogP contribution >= 0.6 is 15.9 Å². The van der Waals surface area contributed by atoms with E-state index in [0.717, 1.165) is 10.9 Å².